The van der Waals surface area contributed by atoms with E-state index in [0.717, 1.165) is 23.1 Å². The molecule has 1 N–H and O–H groups in total. The highest BCUT2D eigenvalue weighted by atomic mass is 16.5. The predicted molar refractivity (Wildman–Crippen MR) is 155 cm³/mol. The van der Waals surface area contributed by atoms with Crippen molar-refractivity contribution in [3.05, 3.63) is 131 Å². The van der Waals surface area contributed by atoms with Crippen molar-refractivity contribution in [1.29, 1.82) is 0 Å². The number of unbranched alkanes of at least 4 members (excludes halogenated alkanes) is 1. The largest absolute Gasteiger partial charge is 0.489 e. The fraction of sp³-hybridized carbons (Fsp3) is 0.235. The first kappa shape index (κ1) is 28.4. The van der Waals surface area contributed by atoms with Crippen molar-refractivity contribution in [3.8, 4) is 11.5 Å². The van der Waals surface area contributed by atoms with E-state index in [-0.39, 0.29) is 12.5 Å². The molecule has 0 spiro atoms. The lowest BCUT2D eigenvalue weighted by atomic mass is 10.1. The van der Waals surface area contributed by atoms with Crippen LogP contribution in [0.4, 0.5) is 0 Å². The number of carbonyl (C=O) groups excluding carboxylic acids is 1. The summed E-state index contributed by atoms with van der Waals surface area (Å²) in [6.07, 6.45) is 3.44. The van der Waals surface area contributed by atoms with Crippen LogP contribution >= 0.6 is 0 Å². The first-order chi connectivity index (χ1) is 19.5. The van der Waals surface area contributed by atoms with E-state index in [9.17, 15) is 14.7 Å². The van der Waals surface area contributed by atoms with Crippen LogP contribution in [0.3, 0.4) is 0 Å². The molecule has 0 aromatic heterocycles. The summed E-state index contributed by atoms with van der Waals surface area (Å²) in [4.78, 5) is 26.2. The predicted octanol–water partition coefficient (Wildman–Crippen LogP) is 6.91. The minimum Gasteiger partial charge on any atom is -0.489 e. The van der Waals surface area contributed by atoms with Gasteiger partial charge >= 0.3 is 5.97 Å². The Hall–Kier alpha value is -4.58. The molecule has 0 atom stereocenters. The second-order valence-corrected chi connectivity index (χ2v) is 9.71. The molecule has 6 heteroatoms. The highest BCUT2D eigenvalue weighted by Crippen LogP contribution is 2.20. The van der Waals surface area contributed by atoms with Gasteiger partial charge in [0.15, 0.2) is 0 Å². The van der Waals surface area contributed by atoms with E-state index >= 15 is 0 Å². The molecule has 0 radical (unpaired) electrons. The molecule has 4 aromatic rings. The van der Waals surface area contributed by atoms with Gasteiger partial charge in [-0.1, -0.05) is 80.1 Å². The molecule has 0 saturated heterocycles. The van der Waals surface area contributed by atoms with Crippen molar-refractivity contribution < 1.29 is 24.2 Å². The molecule has 0 heterocycles. The normalized spacial score (nSPS) is 10.6. The van der Waals surface area contributed by atoms with E-state index in [1.165, 1.54) is 23.3 Å². The van der Waals surface area contributed by atoms with Crippen LogP contribution in [0.1, 0.15) is 52.4 Å². The van der Waals surface area contributed by atoms with Gasteiger partial charge in [0.25, 0.3) is 5.91 Å². The third-order valence-corrected chi connectivity index (χ3v) is 6.48. The highest BCUT2D eigenvalue weighted by molar-refractivity contribution is 5.95. The number of hydrogen-bond acceptors (Lipinski definition) is 4. The minimum atomic E-state index is -1.08. The number of ether oxygens (including phenoxy) is 2. The number of carboxylic acid groups (broad SMARTS) is 1. The maximum atomic E-state index is 13.3. The van der Waals surface area contributed by atoms with Crippen LogP contribution in [0, 0.1) is 0 Å². The van der Waals surface area contributed by atoms with E-state index in [1.54, 1.807) is 24.3 Å². The zero-order valence-electron chi connectivity index (χ0n) is 22.8. The number of amides is 1. The Balaban J connectivity index is 1.36. The number of aryl methyl sites for hydroxylation is 1. The first-order valence-corrected chi connectivity index (χ1v) is 13.6. The Morgan fingerprint density at radius 2 is 1.32 bits per heavy atom. The minimum absolute atomic E-state index is 0.139. The van der Waals surface area contributed by atoms with Crippen LogP contribution < -0.4 is 9.47 Å². The zero-order valence-corrected chi connectivity index (χ0v) is 22.8. The number of benzene rings is 4. The molecule has 0 unspecified atom stereocenters. The zero-order chi connectivity index (χ0) is 28.2. The topological polar surface area (TPSA) is 76.1 Å². The maximum Gasteiger partial charge on any atom is 0.323 e. The molecule has 40 heavy (non-hydrogen) atoms. The van der Waals surface area contributed by atoms with Gasteiger partial charge in [-0.15, -0.1) is 0 Å². The van der Waals surface area contributed by atoms with Crippen LogP contribution in [0.25, 0.3) is 0 Å². The van der Waals surface area contributed by atoms with Crippen LogP contribution in [-0.2, 0) is 31.0 Å². The van der Waals surface area contributed by atoms with Crippen molar-refractivity contribution in [3.63, 3.8) is 0 Å². The monoisotopic (exact) mass is 537 g/mol. The average Bonchev–Trinajstić information content (AvgIpc) is 2.98. The highest BCUT2D eigenvalue weighted by Gasteiger charge is 2.19. The molecule has 0 aliphatic carbocycles. The van der Waals surface area contributed by atoms with Crippen molar-refractivity contribution in [2.75, 3.05) is 6.54 Å². The van der Waals surface area contributed by atoms with E-state index in [4.69, 9.17) is 9.47 Å². The van der Waals surface area contributed by atoms with Crippen molar-refractivity contribution in [2.24, 2.45) is 0 Å². The molecule has 6 nitrogen and oxygen atoms in total. The molecule has 0 aliphatic heterocycles. The summed E-state index contributed by atoms with van der Waals surface area (Å²) in [5.74, 6) is -0.154. The van der Waals surface area contributed by atoms with Crippen LogP contribution in [0.5, 0.6) is 11.5 Å². The Morgan fingerprint density at radius 3 is 2.00 bits per heavy atom. The van der Waals surface area contributed by atoms with Crippen LogP contribution in [-0.4, -0.2) is 28.4 Å². The van der Waals surface area contributed by atoms with E-state index in [0.29, 0.717) is 30.3 Å². The molecular weight excluding hydrogens is 502 g/mol. The molecular formula is C34H35NO5. The second kappa shape index (κ2) is 14.5. The maximum absolute atomic E-state index is 13.3. The summed E-state index contributed by atoms with van der Waals surface area (Å²) in [5, 5.41) is 9.47. The van der Waals surface area contributed by atoms with Gasteiger partial charge in [-0.05, 0) is 71.5 Å². The standard InChI is InChI=1S/C34H35NO5/c1-2-3-8-26-13-15-28(16-14-26)25-39-31-19-17-30(18-20-31)34(38)35(23-33(36)37)22-29-11-7-12-32(21-29)40-24-27-9-5-4-6-10-27/h4-7,9-21H,2-3,8,22-25H2,1H3,(H,36,37). The van der Waals surface area contributed by atoms with Crippen molar-refractivity contribution in [1.82, 2.24) is 4.90 Å². The van der Waals surface area contributed by atoms with Gasteiger partial charge in [0.2, 0.25) is 0 Å². The Kier molecular flexibility index (Phi) is 10.3. The Morgan fingerprint density at radius 1 is 0.700 bits per heavy atom. The fourth-order valence-corrected chi connectivity index (χ4v) is 4.28. The number of hydrogen-bond donors (Lipinski definition) is 1. The molecule has 4 aromatic carbocycles. The van der Waals surface area contributed by atoms with Gasteiger partial charge < -0.3 is 19.5 Å². The van der Waals surface area contributed by atoms with E-state index < -0.39 is 12.5 Å². The molecule has 0 saturated carbocycles. The van der Waals surface area contributed by atoms with Gasteiger partial charge in [-0.3, -0.25) is 9.59 Å². The van der Waals surface area contributed by atoms with E-state index in [1.807, 2.05) is 54.6 Å². The molecule has 0 bridgehead atoms. The fourth-order valence-electron chi connectivity index (χ4n) is 4.28. The number of carboxylic acids is 1. The summed E-state index contributed by atoms with van der Waals surface area (Å²) >= 11 is 0. The van der Waals surface area contributed by atoms with Gasteiger partial charge in [0.1, 0.15) is 31.3 Å². The number of aliphatic carboxylic acids is 1. The lowest BCUT2D eigenvalue weighted by Gasteiger charge is -2.21. The lowest BCUT2D eigenvalue weighted by molar-refractivity contribution is -0.137. The van der Waals surface area contributed by atoms with E-state index in [2.05, 4.69) is 31.2 Å². The SMILES string of the molecule is CCCCc1ccc(COc2ccc(C(=O)N(CC(=O)O)Cc3cccc(OCc4ccccc4)c3)cc2)cc1. The Labute approximate surface area is 235 Å². The summed E-state index contributed by atoms with van der Waals surface area (Å²) in [6, 6.07) is 32.4. The molecule has 0 aliphatic rings. The molecule has 4 rings (SSSR count). The lowest BCUT2D eigenvalue weighted by Crippen LogP contribution is -2.35. The smallest absolute Gasteiger partial charge is 0.323 e. The van der Waals surface area contributed by atoms with Gasteiger partial charge in [-0.2, -0.15) is 0 Å². The molecule has 206 valence electrons. The quantitative estimate of drug-likeness (QED) is 0.189. The number of rotatable bonds is 14. The molecule has 0 fully saturated rings. The van der Waals surface area contributed by atoms with Crippen molar-refractivity contribution in [2.45, 2.75) is 45.9 Å². The molecule has 1 amide bonds. The second-order valence-electron chi connectivity index (χ2n) is 9.71. The van der Waals surface area contributed by atoms with Gasteiger partial charge in [0, 0.05) is 12.1 Å². The Bertz CT molecular complexity index is 1370. The van der Waals surface area contributed by atoms with Gasteiger partial charge in [0.05, 0.1) is 0 Å². The number of carbonyl (C=O) groups is 2. The summed E-state index contributed by atoms with van der Waals surface area (Å²) in [7, 11) is 0. The number of nitrogens with zero attached hydrogens (tertiary/aromatic N) is 1. The summed E-state index contributed by atoms with van der Waals surface area (Å²) in [5.41, 5.74) is 4.61. The van der Waals surface area contributed by atoms with Crippen LogP contribution in [0.15, 0.2) is 103 Å². The third kappa shape index (κ3) is 8.73. The summed E-state index contributed by atoms with van der Waals surface area (Å²) in [6.45, 7) is 2.75. The summed E-state index contributed by atoms with van der Waals surface area (Å²) < 4.78 is 11.8. The van der Waals surface area contributed by atoms with Crippen LogP contribution in [0.2, 0.25) is 0 Å². The average molecular weight is 538 g/mol. The van der Waals surface area contributed by atoms with Gasteiger partial charge in [-0.25, -0.2) is 0 Å². The van der Waals surface area contributed by atoms with Crippen molar-refractivity contribution >= 4 is 11.9 Å². The first-order valence-electron chi connectivity index (χ1n) is 13.6. The third-order valence-electron chi connectivity index (χ3n) is 6.48.